The molecule has 1 N–H and O–H groups in total. The molecule has 0 unspecified atom stereocenters. The van der Waals surface area contributed by atoms with E-state index in [1.54, 1.807) is 0 Å². The first kappa shape index (κ1) is 18.0. The van der Waals surface area contributed by atoms with Gasteiger partial charge in [-0.3, -0.25) is 0 Å². The summed E-state index contributed by atoms with van der Waals surface area (Å²) in [6.07, 6.45) is 0. The number of benzene rings is 4. The number of para-hydroxylation sites is 2. The second-order valence-electron chi connectivity index (χ2n) is 6.37. The highest BCUT2D eigenvalue weighted by molar-refractivity contribution is 6.78. The van der Waals surface area contributed by atoms with Gasteiger partial charge < -0.3 is 14.3 Å². The maximum absolute atomic E-state index is 10.8. The number of hydrogen-bond donors (Lipinski definition) is 1. The van der Waals surface area contributed by atoms with Gasteiger partial charge in [-0.05, 0) is 58.9 Å². The zero-order valence-electron chi connectivity index (χ0n) is 15.2. The molecule has 0 spiro atoms. The summed E-state index contributed by atoms with van der Waals surface area (Å²) in [5.41, 5.74) is 0. The molecule has 28 heavy (non-hydrogen) atoms. The van der Waals surface area contributed by atoms with E-state index in [4.69, 9.17) is 9.47 Å². The van der Waals surface area contributed by atoms with E-state index in [2.05, 4.69) is 0 Å². The third kappa shape index (κ3) is 4.49. The average Bonchev–Trinajstić information content (AvgIpc) is 2.76. The van der Waals surface area contributed by atoms with Crippen molar-refractivity contribution in [1.82, 2.24) is 0 Å². The van der Waals surface area contributed by atoms with E-state index < -0.39 is 9.04 Å². The quantitative estimate of drug-likeness (QED) is 0.509. The van der Waals surface area contributed by atoms with Crippen LogP contribution in [0.4, 0.5) is 0 Å². The van der Waals surface area contributed by atoms with Crippen LogP contribution in [-0.2, 0) is 0 Å². The van der Waals surface area contributed by atoms with E-state index >= 15 is 0 Å². The van der Waals surface area contributed by atoms with Gasteiger partial charge in [-0.15, -0.1) is 0 Å². The maximum atomic E-state index is 10.8. The monoisotopic (exact) mass is 384 g/mol. The van der Waals surface area contributed by atoms with Crippen LogP contribution >= 0.6 is 0 Å². The van der Waals surface area contributed by atoms with Gasteiger partial charge in [0.25, 0.3) is 0 Å². The van der Waals surface area contributed by atoms with Crippen LogP contribution in [0.15, 0.2) is 109 Å². The summed E-state index contributed by atoms with van der Waals surface area (Å²) in [5, 5.41) is 1.88. The Kier molecular flexibility index (Phi) is 5.52. The Morgan fingerprint density at radius 2 is 0.750 bits per heavy atom. The molecule has 0 fully saturated rings. The van der Waals surface area contributed by atoms with Gasteiger partial charge in [0, 0.05) is 0 Å². The summed E-state index contributed by atoms with van der Waals surface area (Å²) in [4.78, 5) is 10.8. The van der Waals surface area contributed by atoms with Crippen molar-refractivity contribution in [3.63, 3.8) is 0 Å². The second-order valence-corrected chi connectivity index (χ2v) is 8.51. The molecule has 3 nitrogen and oxygen atoms in total. The lowest BCUT2D eigenvalue weighted by atomic mass is 10.3. The fourth-order valence-electron chi connectivity index (χ4n) is 2.88. The molecule has 0 heterocycles. The van der Waals surface area contributed by atoms with Crippen molar-refractivity contribution in [2.75, 3.05) is 0 Å². The molecule has 4 rings (SSSR count). The van der Waals surface area contributed by atoms with Gasteiger partial charge >= 0.3 is 0 Å². The molecule has 0 saturated heterocycles. The highest BCUT2D eigenvalue weighted by Gasteiger charge is 2.14. The Balaban J connectivity index is 1.43. The van der Waals surface area contributed by atoms with Crippen molar-refractivity contribution in [2.24, 2.45) is 0 Å². The summed E-state index contributed by atoms with van der Waals surface area (Å²) < 4.78 is 11.6. The van der Waals surface area contributed by atoms with E-state index in [-0.39, 0.29) is 0 Å². The lowest BCUT2D eigenvalue weighted by Gasteiger charge is -2.12. The SMILES string of the molecule is O[SiH](c1ccc(Oc2ccccc2)cc1)c1ccc(Oc2ccccc2)cc1. The van der Waals surface area contributed by atoms with Crippen LogP contribution < -0.4 is 19.8 Å². The normalized spacial score (nSPS) is 10.6. The van der Waals surface area contributed by atoms with Gasteiger partial charge in [-0.1, -0.05) is 60.7 Å². The van der Waals surface area contributed by atoms with E-state index in [0.717, 1.165) is 33.4 Å². The lowest BCUT2D eigenvalue weighted by molar-refractivity contribution is 0.482. The first-order chi connectivity index (χ1) is 13.8. The van der Waals surface area contributed by atoms with E-state index in [9.17, 15) is 4.80 Å². The predicted molar refractivity (Wildman–Crippen MR) is 115 cm³/mol. The molecule has 0 aromatic heterocycles. The molecule has 0 atom stereocenters. The van der Waals surface area contributed by atoms with Crippen LogP contribution in [0.25, 0.3) is 0 Å². The molecular weight excluding hydrogens is 364 g/mol. The van der Waals surface area contributed by atoms with Crippen molar-refractivity contribution in [3.05, 3.63) is 109 Å². The van der Waals surface area contributed by atoms with Crippen LogP contribution in [-0.4, -0.2) is 13.8 Å². The topological polar surface area (TPSA) is 38.7 Å². The summed E-state index contributed by atoms with van der Waals surface area (Å²) in [6.45, 7) is 0. The fraction of sp³-hybridized carbons (Fsp3) is 0. The molecule has 138 valence electrons. The van der Waals surface area contributed by atoms with Crippen LogP contribution in [0.2, 0.25) is 0 Å². The summed E-state index contributed by atoms with van der Waals surface area (Å²) in [6, 6.07) is 34.6. The van der Waals surface area contributed by atoms with Crippen LogP contribution in [0.3, 0.4) is 0 Å². The zero-order valence-corrected chi connectivity index (χ0v) is 16.4. The van der Waals surface area contributed by atoms with Crippen molar-refractivity contribution in [3.8, 4) is 23.0 Å². The summed E-state index contributed by atoms with van der Waals surface area (Å²) in [7, 11) is -2.24. The number of hydrogen-bond acceptors (Lipinski definition) is 3. The Morgan fingerprint density at radius 3 is 1.11 bits per heavy atom. The van der Waals surface area contributed by atoms with Crippen molar-refractivity contribution in [2.45, 2.75) is 0 Å². The van der Waals surface area contributed by atoms with Gasteiger partial charge in [-0.2, -0.15) is 0 Å². The Morgan fingerprint density at radius 1 is 0.429 bits per heavy atom. The molecule has 0 aliphatic heterocycles. The van der Waals surface area contributed by atoms with Crippen molar-refractivity contribution < 1.29 is 14.3 Å². The molecule has 0 bridgehead atoms. The molecule has 4 heteroatoms. The molecule has 0 aliphatic carbocycles. The van der Waals surface area contributed by atoms with Gasteiger partial charge in [0.1, 0.15) is 23.0 Å². The molecular formula is C24H20O3Si. The summed E-state index contributed by atoms with van der Waals surface area (Å²) in [5.74, 6) is 3.09. The minimum Gasteiger partial charge on any atom is -0.457 e. The van der Waals surface area contributed by atoms with Crippen LogP contribution in [0.5, 0.6) is 23.0 Å². The highest BCUT2D eigenvalue weighted by atomic mass is 28.3. The molecule has 0 aliphatic rings. The molecule has 4 aromatic carbocycles. The third-order valence-corrected chi connectivity index (χ3v) is 6.38. The number of ether oxygens (including phenoxy) is 2. The zero-order chi connectivity index (χ0) is 19.2. The largest absolute Gasteiger partial charge is 0.457 e. The minimum atomic E-state index is -2.24. The van der Waals surface area contributed by atoms with Gasteiger partial charge in [0.15, 0.2) is 0 Å². The Hall–Kier alpha value is -3.34. The Labute approximate surface area is 166 Å². The second kappa shape index (κ2) is 8.56. The van der Waals surface area contributed by atoms with Gasteiger partial charge in [0.05, 0.1) is 0 Å². The van der Waals surface area contributed by atoms with Gasteiger partial charge in [0.2, 0.25) is 9.04 Å². The highest BCUT2D eigenvalue weighted by Crippen LogP contribution is 2.20. The van der Waals surface area contributed by atoms with Crippen molar-refractivity contribution >= 4 is 19.4 Å². The fourth-order valence-corrected chi connectivity index (χ4v) is 4.38. The van der Waals surface area contributed by atoms with E-state index in [1.807, 2.05) is 109 Å². The lowest BCUT2D eigenvalue weighted by Crippen LogP contribution is -2.42. The third-order valence-electron chi connectivity index (χ3n) is 4.35. The molecule has 0 amide bonds. The standard InChI is InChI=1S/C24H20O3Si/c25-28(23-15-11-21(12-16-23)26-19-7-3-1-4-8-19)24-17-13-22(14-18-24)27-20-9-5-2-6-10-20/h1-18,25,28H. The van der Waals surface area contributed by atoms with E-state index in [1.165, 1.54) is 0 Å². The molecule has 0 radical (unpaired) electrons. The minimum absolute atomic E-state index is 0.753. The first-order valence-corrected chi connectivity index (χ1v) is 10.8. The van der Waals surface area contributed by atoms with Gasteiger partial charge in [-0.25, -0.2) is 0 Å². The van der Waals surface area contributed by atoms with Crippen molar-refractivity contribution in [1.29, 1.82) is 0 Å². The first-order valence-electron chi connectivity index (χ1n) is 9.12. The summed E-state index contributed by atoms with van der Waals surface area (Å²) >= 11 is 0. The number of rotatable bonds is 6. The molecule has 4 aromatic rings. The molecule has 0 saturated carbocycles. The van der Waals surface area contributed by atoms with Crippen LogP contribution in [0.1, 0.15) is 0 Å². The van der Waals surface area contributed by atoms with Crippen LogP contribution in [0, 0.1) is 0 Å². The maximum Gasteiger partial charge on any atom is 0.236 e. The average molecular weight is 385 g/mol. The smallest absolute Gasteiger partial charge is 0.236 e. The van der Waals surface area contributed by atoms with E-state index in [0.29, 0.717) is 0 Å². The predicted octanol–water partition coefficient (Wildman–Crippen LogP) is 4.10. The Bertz CT molecular complexity index is 916.